The van der Waals surface area contributed by atoms with Crippen LogP contribution in [0.15, 0.2) is 58.5 Å². The Bertz CT molecular complexity index is 1110. The standard InChI is InChI=1S/C22H23N5O3/c1-25(10-15-4-7-30-14-15)21(28)18-2-3-19-17-8-16(12-27(19)22(18)29)11-26(13-17)20-9-23-5-6-24-20/h2-7,9,14,16-17H,8,10-13H2,1H3/t16-,17+/m0/s1. The van der Waals surface area contributed by atoms with Gasteiger partial charge in [0.15, 0.2) is 0 Å². The topological polar surface area (TPSA) is 84.5 Å². The molecule has 5 heterocycles. The first-order chi connectivity index (χ1) is 14.6. The highest BCUT2D eigenvalue weighted by Crippen LogP contribution is 2.36. The molecule has 0 aliphatic carbocycles. The molecule has 2 atom stereocenters. The van der Waals surface area contributed by atoms with Gasteiger partial charge in [-0.3, -0.25) is 14.6 Å². The number of hydrogen-bond donors (Lipinski definition) is 0. The lowest BCUT2D eigenvalue weighted by Crippen LogP contribution is -2.48. The van der Waals surface area contributed by atoms with Gasteiger partial charge < -0.3 is 18.8 Å². The minimum absolute atomic E-state index is 0.195. The fraction of sp³-hybridized carbons (Fsp3) is 0.364. The monoisotopic (exact) mass is 405 g/mol. The van der Waals surface area contributed by atoms with E-state index < -0.39 is 0 Å². The normalized spacial score (nSPS) is 20.0. The highest BCUT2D eigenvalue weighted by Gasteiger charge is 2.36. The molecule has 0 N–H and O–H groups in total. The molecule has 3 aromatic rings. The third kappa shape index (κ3) is 3.28. The van der Waals surface area contributed by atoms with Crippen LogP contribution in [0.2, 0.25) is 0 Å². The Hall–Kier alpha value is -3.42. The molecule has 8 nitrogen and oxygen atoms in total. The molecule has 0 unspecified atom stereocenters. The molecule has 2 aliphatic rings. The lowest BCUT2D eigenvalue weighted by atomic mass is 9.83. The first-order valence-corrected chi connectivity index (χ1v) is 10.1. The Labute approximate surface area is 173 Å². The van der Waals surface area contributed by atoms with E-state index in [1.54, 1.807) is 49.1 Å². The van der Waals surface area contributed by atoms with Crippen molar-refractivity contribution in [3.05, 3.63) is 76.5 Å². The molecular formula is C22H23N5O3. The maximum absolute atomic E-state index is 13.2. The molecule has 1 amide bonds. The first kappa shape index (κ1) is 18.6. The van der Waals surface area contributed by atoms with E-state index in [9.17, 15) is 9.59 Å². The van der Waals surface area contributed by atoms with Crippen molar-refractivity contribution in [3.8, 4) is 0 Å². The van der Waals surface area contributed by atoms with Crippen LogP contribution in [0.5, 0.6) is 0 Å². The van der Waals surface area contributed by atoms with Gasteiger partial charge in [0.25, 0.3) is 11.5 Å². The summed E-state index contributed by atoms with van der Waals surface area (Å²) in [6.07, 6.45) is 9.38. The number of carbonyl (C=O) groups excluding carboxylic acids is 1. The van der Waals surface area contributed by atoms with Crippen LogP contribution in [0.3, 0.4) is 0 Å². The largest absolute Gasteiger partial charge is 0.472 e. The lowest BCUT2D eigenvalue weighted by Gasteiger charge is -2.43. The number of furan rings is 1. The number of aromatic nitrogens is 3. The molecule has 30 heavy (non-hydrogen) atoms. The molecule has 0 spiro atoms. The van der Waals surface area contributed by atoms with Crippen LogP contribution in [0.4, 0.5) is 5.82 Å². The van der Waals surface area contributed by atoms with Gasteiger partial charge in [0, 0.05) is 62.8 Å². The van der Waals surface area contributed by atoms with Gasteiger partial charge in [-0.05, 0) is 30.5 Å². The SMILES string of the molecule is CN(Cc1ccoc1)C(=O)c1ccc2n(c1=O)C[C@H]1C[C@@H]2CN(c2cnccn2)C1. The van der Waals surface area contributed by atoms with Gasteiger partial charge in [0.1, 0.15) is 11.4 Å². The van der Waals surface area contributed by atoms with Gasteiger partial charge in [-0.2, -0.15) is 0 Å². The second-order valence-corrected chi connectivity index (χ2v) is 8.15. The fourth-order valence-corrected chi connectivity index (χ4v) is 4.68. The summed E-state index contributed by atoms with van der Waals surface area (Å²) in [5.41, 5.74) is 1.91. The predicted octanol–water partition coefficient (Wildman–Crippen LogP) is 2.13. The van der Waals surface area contributed by atoms with Crippen LogP contribution in [0, 0.1) is 5.92 Å². The van der Waals surface area contributed by atoms with Gasteiger partial charge in [0.05, 0.1) is 18.7 Å². The second-order valence-electron chi connectivity index (χ2n) is 8.15. The first-order valence-electron chi connectivity index (χ1n) is 10.1. The Morgan fingerprint density at radius 1 is 1.23 bits per heavy atom. The van der Waals surface area contributed by atoms with Crippen molar-refractivity contribution in [2.75, 3.05) is 25.0 Å². The minimum atomic E-state index is -0.270. The van der Waals surface area contributed by atoms with Crippen molar-refractivity contribution in [3.63, 3.8) is 0 Å². The number of hydrogen-bond acceptors (Lipinski definition) is 6. The average Bonchev–Trinajstić information content (AvgIpc) is 3.27. The van der Waals surface area contributed by atoms with E-state index in [1.807, 2.05) is 16.7 Å². The van der Waals surface area contributed by atoms with E-state index in [0.717, 1.165) is 36.6 Å². The Kier molecular flexibility index (Phi) is 4.61. The summed E-state index contributed by atoms with van der Waals surface area (Å²) in [6.45, 7) is 2.64. The molecule has 5 rings (SSSR count). The van der Waals surface area contributed by atoms with Gasteiger partial charge in [0.2, 0.25) is 0 Å². The second kappa shape index (κ2) is 7.44. The van der Waals surface area contributed by atoms with E-state index in [4.69, 9.17) is 4.42 Å². The van der Waals surface area contributed by atoms with E-state index >= 15 is 0 Å². The van der Waals surface area contributed by atoms with Gasteiger partial charge in [-0.25, -0.2) is 4.98 Å². The number of pyridine rings is 1. The lowest BCUT2D eigenvalue weighted by molar-refractivity contribution is 0.0781. The van der Waals surface area contributed by atoms with Crippen molar-refractivity contribution >= 4 is 11.7 Å². The van der Waals surface area contributed by atoms with E-state index in [-0.39, 0.29) is 22.9 Å². The van der Waals surface area contributed by atoms with Crippen molar-refractivity contribution in [2.24, 2.45) is 5.92 Å². The van der Waals surface area contributed by atoms with Crippen LogP contribution in [0.25, 0.3) is 0 Å². The van der Waals surface area contributed by atoms with Crippen LogP contribution in [-0.4, -0.2) is 45.5 Å². The molecule has 1 fully saturated rings. The third-order valence-electron chi connectivity index (χ3n) is 6.05. The summed E-state index contributed by atoms with van der Waals surface area (Å²) in [4.78, 5) is 38.5. The van der Waals surface area contributed by atoms with Gasteiger partial charge >= 0.3 is 0 Å². The summed E-state index contributed by atoms with van der Waals surface area (Å²) in [7, 11) is 1.70. The van der Waals surface area contributed by atoms with Crippen molar-refractivity contribution in [1.29, 1.82) is 0 Å². The highest BCUT2D eigenvalue weighted by atomic mass is 16.3. The zero-order valence-corrected chi connectivity index (χ0v) is 16.8. The van der Waals surface area contributed by atoms with Crippen molar-refractivity contribution < 1.29 is 9.21 Å². The van der Waals surface area contributed by atoms with Crippen molar-refractivity contribution in [2.45, 2.75) is 25.4 Å². The maximum atomic E-state index is 13.2. The number of anilines is 1. The Morgan fingerprint density at radius 2 is 2.13 bits per heavy atom. The van der Waals surface area contributed by atoms with E-state index in [1.165, 1.54) is 0 Å². The summed E-state index contributed by atoms with van der Waals surface area (Å²) < 4.78 is 6.88. The number of fused-ring (bicyclic) bond motifs is 4. The molecule has 0 saturated carbocycles. The highest BCUT2D eigenvalue weighted by molar-refractivity contribution is 5.93. The van der Waals surface area contributed by atoms with Crippen LogP contribution in [0.1, 0.15) is 34.0 Å². The molecule has 0 radical (unpaired) electrons. The predicted molar refractivity (Wildman–Crippen MR) is 110 cm³/mol. The molecule has 1 saturated heterocycles. The Balaban J connectivity index is 1.41. The quantitative estimate of drug-likeness (QED) is 0.661. The molecular weight excluding hydrogens is 382 g/mol. The average molecular weight is 405 g/mol. The number of piperidine rings is 1. The van der Waals surface area contributed by atoms with Crippen molar-refractivity contribution in [1.82, 2.24) is 19.4 Å². The van der Waals surface area contributed by atoms with E-state index in [0.29, 0.717) is 19.0 Å². The number of rotatable bonds is 4. The zero-order chi connectivity index (χ0) is 20.7. The summed E-state index contributed by atoms with van der Waals surface area (Å²) >= 11 is 0. The minimum Gasteiger partial charge on any atom is -0.472 e. The summed E-state index contributed by atoms with van der Waals surface area (Å²) in [5.74, 6) is 1.18. The molecule has 3 aromatic heterocycles. The number of amides is 1. The van der Waals surface area contributed by atoms with E-state index in [2.05, 4.69) is 14.9 Å². The molecule has 0 aromatic carbocycles. The summed E-state index contributed by atoms with van der Waals surface area (Å²) in [6, 6.07) is 5.44. The smallest absolute Gasteiger partial charge is 0.263 e. The van der Waals surface area contributed by atoms with Crippen LogP contribution < -0.4 is 10.5 Å². The number of nitrogens with zero attached hydrogens (tertiary/aromatic N) is 5. The van der Waals surface area contributed by atoms with Crippen LogP contribution in [-0.2, 0) is 13.1 Å². The fourth-order valence-electron chi connectivity index (χ4n) is 4.68. The number of carbonyl (C=O) groups is 1. The zero-order valence-electron chi connectivity index (χ0n) is 16.8. The molecule has 8 heteroatoms. The molecule has 154 valence electrons. The van der Waals surface area contributed by atoms with Crippen LogP contribution >= 0.6 is 0 Å². The van der Waals surface area contributed by atoms with Gasteiger partial charge in [-0.15, -0.1) is 0 Å². The summed E-state index contributed by atoms with van der Waals surface area (Å²) in [5, 5.41) is 0. The Morgan fingerprint density at radius 3 is 2.90 bits per heavy atom. The molecule has 2 aliphatic heterocycles. The van der Waals surface area contributed by atoms with Gasteiger partial charge in [-0.1, -0.05) is 0 Å². The maximum Gasteiger partial charge on any atom is 0.263 e. The third-order valence-corrected chi connectivity index (χ3v) is 6.05. The molecule has 2 bridgehead atoms.